The Morgan fingerprint density at radius 3 is 1.17 bits per heavy atom. The van der Waals surface area contributed by atoms with Crippen molar-refractivity contribution in [2.45, 2.75) is 208 Å². The molecular formula is C50H77O3P. The highest BCUT2D eigenvalue weighted by molar-refractivity contribution is 7.43. The zero-order valence-electron chi connectivity index (χ0n) is 38.0. The van der Waals surface area contributed by atoms with Crippen LogP contribution in [0.15, 0.2) is 42.5 Å². The van der Waals surface area contributed by atoms with Gasteiger partial charge in [0.05, 0.1) is 0 Å². The second-order valence-corrected chi connectivity index (χ2v) is 21.2. The molecule has 4 rings (SSSR count). The number of fused-ring (bicyclic) bond motifs is 2. The molecule has 0 spiro atoms. The zero-order valence-corrected chi connectivity index (χ0v) is 38.9. The maximum atomic E-state index is 7.35. The van der Waals surface area contributed by atoms with Crippen LogP contribution in [0, 0.1) is 0 Å². The fourth-order valence-corrected chi connectivity index (χ4v) is 8.27. The van der Waals surface area contributed by atoms with Gasteiger partial charge in [-0.3, -0.25) is 0 Å². The van der Waals surface area contributed by atoms with Crippen LogP contribution in [0.3, 0.4) is 0 Å². The summed E-state index contributed by atoms with van der Waals surface area (Å²) in [7, 11) is -1.91. The van der Waals surface area contributed by atoms with Crippen LogP contribution in [0.25, 0.3) is 0 Å². The minimum Gasteiger partial charge on any atom is -0.408 e. The summed E-state index contributed by atoms with van der Waals surface area (Å²) in [4.78, 5) is 0. The van der Waals surface area contributed by atoms with Gasteiger partial charge in [0.1, 0.15) is 17.2 Å². The summed E-state index contributed by atoms with van der Waals surface area (Å²) in [5.41, 5.74) is 9.91. The van der Waals surface area contributed by atoms with Crippen LogP contribution in [-0.2, 0) is 32.5 Å². The van der Waals surface area contributed by atoms with Gasteiger partial charge in [0.2, 0.25) is 0 Å². The summed E-state index contributed by atoms with van der Waals surface area (Å²) in [5.74, 6) is 2.74. The Labute approximate surface area is 333 Å². The summed E-state index contributed by atoms with van der Waals surface area (Å²) in [5, 5.41) is 0. The molecule has 0 unspecified atom stereocenters. The summed E-state index contributed by atoms with van der Waals surface area (Å²) in [6.45, 7) is 44.4. The van der Waals surface area contributed by atoms with E-state index in [0.717, 1.165) is 55.8 Å². The Kier molecular flexibility index (Phi) is 12.9. The van der Waals surface area contributed by atoms with Crippen molar-refractivity contribution in [2.75, 3.05) is 0 Å². The maximum Gasteiger partial charge on any atom is 0.530 e. The second kappa shape index (κ2) is 15.8. The molecule has 0 aliphatic carbocycles. The molecule has 0 atom stereocenters. The van der Waals surface area contributed by atoms with Crippen molar-refractivity contribution in [2.24, 2.45) is 0 Å². The summed E-state index contributed by atoms with van der Waals surface area (Å²) in [6, 6.07) is 16.6. The molecule has 3 nitrogen and oxygen atoms in total. The predicted octanol–water partition coefficient (Wildman–Crippen LogP) is 16.0. The van der Waals surface area contributed by atoms with E-state index in [-0.39, 0.29) is 38.4 Å². The van der Waals surface area contributed by atoms with Crippen molar-refractivity contribution < 1.29 is 13.6 Å². The SMILES string of the molecule is CCC(C)(C)c1ccc(OP2Oc3c(cc(C(C)(C)CC)cc3C(C)(C)CC)C(C)c3cc(C(C)(C)CC)cc(C(C)(C)CC)c3O2)c(C(C)(C)CC)c1. The molecule has 0 N–H and O–H groups in total. The topological polar surface area (TPSA) is 27.7 Å². The van der Waals surface area contributed by atoms with E-state index in [2.05, 4.69) is 174 Å². The molecule has 3 aromatic rings. The van der Waals surface area contributed by atoms with Crippen LogP contribution >= 0.6 is 8.60 Å². The lowest BCUT2D eigenvalue weighted by molar-refractivity contribution is 0.355. The van der Waals surface area contributed by atoms with Gasteiger partial charge in [-0.2, -0.15) is 0 Å². The smallest absolute Gasteiger partial charge is 0.408 e. The van der Waals surface area contributed by atoms with Crippen molar-refractivity contribution in [1.29, 1.82) is 0 Å². The standard InChI is InChI=1S/C50H77O3P/c1-20-45(8,9)34-26-27-42(39(30-34)48(14,15)23-4)51-54-52-43-37(28-35(46(10,11)21-2)31-40(43)49(16,17)24-5)33(7)38-29-36(47(12,13)22-3)32-41(44(38)53-54)50(18,19)25-6/h26-33H,20-25H2,1-19H3. The Hall–Kier alpha value is -2.51. The molecule has 54 heavy (non-hydrogen) atoms. The van der Waals surface area contributed by atoms with Gasteiger partial charge >= 0.3 is 8.60 Å². The van der Waals surface area contributed by atoms with Gasteiger partial charge in [-0.05, 0) is 93.8 Å². The van der Waals surface area contributed by atoms with E-state index in [4.69, 9.17) is 13.6 Å². The zero-order chi connectivity index (χ0) is 40.8. The largest absolute Gasteiger partial charge is 0.530 e. The van der Waals surface area contributed by atoms with Crippen molar-refractivity contribution in [3.8, 4) is 17.2 Å². The van der Waals surface area contributed by atoms with Gasteiger partial charge in [-0.25, -0.2) is 0 Å². The van der Waals surface area contributed by atoms with E-state index in [0.29, 0.717) is 0 Å². The molecule has 1 aliphatic heterocycles. The first kappa shape index (κ1) is 44.2. The molecule has 3 aromatic carbocycles. The fourth-order valence-electron chi connectivity index (χ4n) is 7.13. The maximum absolute atomic E-state index is 7.35. The number of rotatable bonds is 14. The Morgan fingerprint density at radius 1 is 0.463 bits per heavy atom. The monoisotopic (exact) mass is 757 g/mol. The molecule has 0 radical (unpaired) electrons. The molecule has 0 saturated carbocycles. The van der Waals surface area contributed by atoms with Gasteiger partial charge in [-0.15, -0.1) is 0 Å². The van der Waals surface area contributed by atoms with E-state index in [1.807, 2.05) is 0 Å². The molecule has 0 amide bonds. The van der Waals surface area contributed by atoms with E-state index < -0.39 is 8.60 Å². The minimum atomic E-state index is -1.91. The predicted molar refractivity (Wildman–Crippen MR) is 236 cm³/mol. The Balaban J connectivity index is 2.16. The summed E-state index contributed by atoms with van der Waals surface area (Å²) < 4.78 is 21.9. The van der Waals surface area contributed by atoms with Crippen LogP contribution in [0.2, 0.25) is 0 Å². The van der Waals surface area contributed by atoms with Crippen LogP contribution in [-0.4, -0.2) is 0 Å². The van der Waals surface area contributed by atoms with Gasteiger partial charge in [-0.1, -0.05) is 168 Å². The van der Waals surface area contributed by atoms with Crippen LogP contribution in [0.4, 0.5) is 0 Å². The van der Waals surface area contributed by atoms with Crippen molar-refractivity contribution in [3.05, 3.63) is 87.0 Å². The van der Waals surface area contributed by atoms with Crippen LogP contribution < -0.4 is 13.6 Å². The Morgan fingerprint density at radius 2 is 0.796 bits per heavy atom. The van der Waals surface area contributed by atoms with Crippen LogP contribution in [0.1, 0.15) is 221 Å². The lowest BCUT2D eigenvalue weighted by atomic mass is 9.72. The van der Waals surface area contributed by atoms with E-state index >= 15 is 0 Å². The van der Waals surface area contributed by atoms with Gasteiger partial charge in [0.25, 0.3) is 0 Å². The van der Waals surface area contributed by atoms with Crippen molar-refractivity contribution in [1.82, 2.24) is 0 Å². The third-order valence-electron chi connectivity index (χ3n) is 14.5. The number of benzene rings is 3. The summed E-state index contributed by atoms with van der Waals surface area (Å²) in [6.07, 6.45) is 6.11. The quantitative estimate of drug-likeness (QED) is 0.153. The molecule has 4 heteroatoms. The highest BCUT2D eigenvalue weighted by atomic mass is 31.2. The minimum absolute atomic E-state index is 0.00626. The highest BCUT2D eigenvalue weighted by Gasteiger charge is 2.40. The molecule has 0 saturated heterocycles. The lowest BCUT2D eigenvalue weighted by Gasteiger charge is -2.38. The molecule has 0 aromatic heterocycles. The summed E-state index contributed by atoms with van der Waals surface area (Å²) >= 11 is 0. The van der Waals surface area contributed by atoms with Gasteiger partial charge in [0.15, 0.2) is 0 Å². The molecule has 0 fully saturated rings. The first-order valence-corrected chi connectivity index (χ1v) is 22.3. The highest BCUT2D eigenvalue weighted by Crippen LogP contribution is 2.57. The third kappa shape index (κ3) is 8.58. The normalized spacial score (nSPS) is 17.2. The molecular weight excluding hydrogens is 680 g/mol. The molecule has 300 valence electrons. The first-order valence-electron chi connectivity index (χ1n) is 21.2. The molecule has 0 bridgehead atoms. The average Bonchev–Trinajstić information content (AvgIpc) is 3.13. The van der Waals surface area contributed by atoms with Crippen LogP contribution in [0.5, 0.6) is 17.2 Å². The van der Waals surface area contributed by atoms with Gasteiger partial charge in [0, 0.05) is 33.7 Å². The Bertz CT molecular complexity index is 1700. The molecule has 1 aliphatic rings. The lowest BCUT2D eigenvalue weighted by Crippen LogP contribution is -2.26. The third-order valence-corrected chi connectivity index (χ3v) is 15.5. The fraction of sp³-hybridized carbons (Fsp3) is 0.640. The van der Waals surface area contributed by atoms with Gasteiger partial charge < -0.3 is 13.6 Å². The second-order valence-electron chi connectivity index (χ2n) is 20.2. The average molecular weight is 757 g/mol. The van der Waals surface area contributed by atoms with E-state index in [1.165, 1.54) is 44.5 Å². The van der Waals surface area contributed by atoms with E-state index in [1.54, 1.807) is 0 Å². The molecule has 1 heterocycles. The first-order chi connectivity index (χ1) is 24.9. The van der Waals surface area contributed by atoms with E-state index in [9.17, 15) is 0 Å². The number of hydrogen-bond acceptors (Lipinski definition) is 3. The number of hydrogen-bond donors (Lipinski definition) is 0. The van der Waals surface area contributed by atoms with Crippen molar-refractivity contribution in [3.63, 3.8) is 0 Å². The van der Waals surface area contributed by atoms with Crippen molar-refractivity contribution >= 4 is 8.60 Å².